The summed E-state index contributed by atoms with van der Waals surface area (Å²) in [6, 6.07) is 4.92. The molecule has 0 saturated carbocycles. The van der Waals surface area contributed by atoms with Gasteiger partial charge in [0.2, 0.25) is 5.91 Å². The van der Waals surface area contributed by atoms with E-state index in [2.05, 4.69) is 5.32 Å². The van der Waals surface area contributed by atoms with Crippen molar-refractivity contribution in [3.63, 3.8) is 0 Å². The summed E-state index contributed by atoms with van der Waals surface area (Å²) < 4.78 is 0. The van der Waals surface area contributed by atoms with Crippen molar-refractivity contribution in [3.05, 3.63) is 33.9 Å². The van der Waals surface area contributed by atoms with Crippen LogP contribution in [0.1, 0.15) is 43.5 Å². The second-order valence-electron chi connectivity index (χ2n) is 8.30. The summed E-state index contributed by atoms with van der Waals surface area (Å²) in [5.74, 6) is -0.219. The van der Waals surface area contributed by atoms with E-state index < -0.39 is 4.92 Å². The van der Waals surface area contributed by atoms with Gasteiger partial charge in [0.15, 0.2) is 0 Å². The standard InChI is InChI=1S/C21H31N5O4/c1-16(2)22-20(27)15-23-10-12-25(13-11-23)21(28)17-6-7-18(19(14-17)26(29)30)24-8-4-3-5-9-24/h6-7,14,16H,3-5,8-13,15H2,1-2H3,(H,22,27). The van der Waals surface area contributed by atoms with E-state index in [9.17, 15) is 19.7 Å². The van der Waals surface area contributed by atoms with Crippen LogP contribution in [-0.2, 0) is 4.79 Å². The third kappa shape index (κ3) is 5.47. The summed E-state index contributed by atoms with van der Waals surface area (Å²) in [7, 11) is 0. The minimum atomic E-state index is -0.397. The van der Waals surface area contributed by atoms with Crippen LogP contribution >= 0.6 is 0 Å². The zero-order chi connectivity index (χ0) is 21.7. The van der Waals surface area contributed by atoms with Crippen LogP contribution < -0.4 is 10.2 Å². The third-order valence-electron chi connectivity index (χ3n) is 5.59. The van der Waals surface area contributed by atoms with Crippen molar-refractivity contribution < 1.29 is 14.5 Å². The molecule has 1 aromatic rings. The normalized spacial score (nSPS) is 17.8. The Morgan fingerprint density at radius 3 is 2.33 bits per heavy atom. The summed E-state index contributed by atoms with van der Waals surface area (Å²) in [5, 5.41) is 14.5. The fraction of sp³-hybridized carbons (Fsp3) is 0.619. The largest absolute Gasteiger partial charge is 0.366 e. The Balaban J connectivity index is 1.63. The number of hydrogen-bond donors (Lipinski definition) is 1. The number of piperidine rings is 1. The Morgan fingerprint density at radius 1 is 1.07 bits per heavy atom. The van der Waals surface area contributed by atoms with Crippen molar-refractivity contribution in [1.29, 1.82) is 0 Å². The number of nitro groups is 1. The zero-order valence-electron chi connectivity index (χ0n) is 17.8. The third-order valence-corrected chi connectivity index (χ3v) is 5.59. The Labute approximate surface area is 177 Å². The van der Waals surface area contributed by atoms with Gasteiger partial charge in [-0.2, -0.15) is 0 Å². The number of carbonyl (C=O) groups excluding carboxylic acids is 2. The van der Waals surface area contributed by atoms with E-state index in [1.807, 2.05) is 23.6 Å². The number of nitro benzene ring substituents is 1. The molecular weight excluding hydrogens is 386 g/mol. The van der Waals surface area contributed by atoms with Crippen LogP contribution in [0.5, 0.6) is 0 Å². The lowest BCUT2D eigenvalue weighted by Gasteiger charge is -2.34. The number of amides is 2. The maximum absolute atomic E-state index is 12.9. The van der Waals surface area contributed by atoms with E-state index in [-0.39, 0.29) is 23.5 Å². The Bertz CT molecular complexity index is 784. The molecule has 0 radical (unpaired) electrons. The second kappa shape index (κ2) is 9.88. The fourth-order valence-corrected chi connectivity index (χ4v) is 4.07. The van der Waals surface area contributed by atoms with Crippen molar-refractivity contribution in [2.75, 3.05) is 50.7 Å². The lowest BCUT2D eigenvalue weighted by molar-refractivity contribution is -0.384. The van der Waals surface area contributed by atoms with Crippen molar-refractivity contribution in [3.8, 4) is 0 Å². The van der Waals surface area contributed by atoms with Crippen molar-refractivity contribution >= 4 is 23.2 Å². The van der Waals surface area contributed by atoms with Gasteiger partial charge in [-0.15, -0.1) is 0 Å². The maximum atomic E-state index is 12.9. The van der Waals surface area contributed by atoms with Gasteiger partial charge in [-0.3, -0.25) is 24.6 Å². The van der Waals surface area contributed by atoms with E-state index in [0.717, 1.165) is 32.4 Å². The van der Waals surface area contributed by atoms with Crippen LogP contribution in [0.2, 0.25) is 0 Å². The zero-order valence-corrected chi connectivity index (χ0v) is 17.8. The molecule has 0 aliphatic carbocycles. The average Bonchev–Trinajstić information content (AvgIpc) is 2.73. The predicted octanol–water partition coefficient (Wildman–Crippen LogP) is 1.87. The Hall–Kier alpha value is -2.68. The van der Waals surface area contributed by atoms with Crippen LogP contribution in [0.3, 0.4) is 0 Å². The molecule has 30 heavy (non-hydrogen) atoms. The van der Waals surface area contributed by atoms with Crippen LogP contribution in [0.4, 0.5) is 11.4 Å². The molecule has 9 nitrogen and oxygen atoms in total. The summed E-state index contributed by atoms with van der Waals surface area (Å²) in [5.41, 5.74) is 0.928. The number of nitrogens with zero attached hydrogens (tertiary/aromatic N) is 4. The highest BCUT2D eigenvalue weighted by atomic mass is 16.6. The minimum Gasteiger partial charge on any atom is -0.366 e. The first-order valence-corrected chi connectivity index (χ1v) is 10.7. The van der Waals surface area contributed by atoms with Crippen molar-refractivity contribution in [2.45, 2.75) is 39.2 Å². The summed E-state index contributed by atoms with van der Waals surface area (Å²) in [6.07, 6.45) is 3.20. The van der Waals surface area contributed by atoms with Crippen LogP contribution in [0.15, 0.2) is 18.2 Å². The molecule has 0 unspecified atom stereocenters. The van der Waals surface area contributed by atoms with E-state index in [1.165, 1.54) is 6.07 Å². The molecule has 2 aliphatic heterocycles. The smallest absolute Gasteiger partial charge is 0.293 e. The lowest BCUT2D eigenvalue weighted by Crippen LogP contribution is -2.51. The number of rotatable bonds is 6. The van der Waals surface area contributed by atoms with Gasteiger partial charge in [0.05, 0.1) is 11.5 Å². The summed E-state index contributed by atoms with van der Waals surface area (Å²) in [4.78, 5) is 41.9. The highest BCUT2D eigenvalue weighted by Gasteiger charge is 2.27. The van der Waals surface area contributed by atoms with Crippen LogP contribution in [-0.4, -0.2) is 78.4 Å². The first kappa shape index (κ1) is 22.0. The molecule has 1 N–H and O–H groups in total. The van der Waals surface area contributed by atoms with E-state index in [4.69, 9.17) is 0 Å². The molecular formula is C21H31N5O4. The topological polar surface area (TPSA) is 99.0 Å². The van der Waals surface area contributed by atoms with E-state index >= 15 is 0 Å². The maximum Gasteiger partial charge on any atom is 0.293 e. The van der Waals surface area contributed by atoms with Crippen LogP contribution in [0, 0.1) is 10.1 Å². The number of hydrogen-bond acceptors (Lipinski definition) is 6. The summed E-state index contributed by atoms with van der Waals surface area (Å²) in [6.45, 7) is 7.97. The molecule has 0 atom stereocenters. The SMILES string of the molecule is CC(C)NC(=O)CN1CCN(C(=O)c2ccc(N3CCCCC3)c([N+](=O)[O-])c2)CC1. The van der Waals surface area contributed by atoms with Gasteiger partial charge in [-0.1, -0.05) is 0 Å². The highest BCUT2D eigenvalue weighted by Crippen LogP contribution is 2.31. The highest BCUT2D eigenvalue weighted by molar-refractivity contribution is 5.96. The van der Waals surface area contributed by atoms with Crippen molar-refractivity contribution in [1.82, 2.24) is 15.1 Å². The van der Waals surface area contributed by atoms with Gasteiger partial charge >= 0.3 is 0 Å². The fourth-order valence-electron chi connectivity index (χ4n) is 4.07. The summed E-state index contributed by atoms with van der Waals surface area (Å²) >= 11 is 0. The number of anilines is 1. The van der Waals surface area contributed by atoms with Crippen molar-refractivity contribution in [2.24, 2.45) is 0 Å². The van der Waals surface area contributed by atoms with Gasteiger partial charge in [0.1, 0.15) is 5.69 Å². The Kier molecular flexibility index (Phi) is 7.25. The number of piperazine rings is 1. The van der Waals surface area contributed by atoms with Gasteiger partial charge in [0.25, 0.3) is 11.6 Å². The Morgan fingerprint density at radius 2 is 1.73 bits per heavy atom. The first-order valence-electron chi connectivity index (χ1n) is 10.7. The monoisotopic (exact) mass is 417 g/mol. The van der Waals surface area contributed by atoms with Gasteiger partial charge in [-0.05, 0) is 45.2 Å². The lowest BCUT2D eigenvalue weighted by atomic mass is 10.1. The molecule has 2 saturated heterocycles. The number of nitrogens with one attached hydrogen (secondary N) is 1. The molecule has 0 spiro atoms. The van der Waals surface area contributed by atoms with E-state index in [1.54, 1.807) is 17.0 Å². The van der Waals surface area contributed by atoms with Gasteiger partial charge < -0.3 is 15.1 Å². The molecule has 0 aromatic heterocycles. The van der Waals surface area contributed by atoms with E-state index in [0.29, 0.717) is 44.0 Å². The van der Waals surface area contributed by atoms with Gasteiger partial charge in [-0.25, -0.2) is 0 Å². The molecule has 3 rings (SSSR count). The molecule has 1 aromatic carbocycles. The second-order valence-corrected chi connectivity index (χ2v) is 8.30. The molecule has 9 heteroatoms. The molecule has 0 bridgehead atoms. The van der Waals surface area contributed by atoms with Crippen LogP contribution in [0.25, 0.3) is 0 Å². The number of carbonyl (C=O) groups is 2. The molecule has 2 heterocycles. The molecule has 2 aliphatic rings. The first-order chi connectivity index (χ1) is 14.3. The molecule has 2 fully saturated rings. The molecule has 164 valence electrons. The minimum absolute atomic E-state index is 0.00765. The quantitative estimate of drug-likeness (QED) is 0.560. The predicted molar refractivity (Wildman–Crippen MR) is 115 cm³/mol. The average molecular weight is 418 g/mol. The molecule has 2 amide bonds. The van der Waals surface area contributed by atoms with Gasteiger partial charge in [0, 0.05) is 56.9 Å². The number of benzene rings is 1.